The zero-order valence-corrected chi connectivity index (χ0v) is 20.5. The van der Waals surface area contributed by atoms with Crippen LogP contribution in [0.1, 0.15) is 42.2 Å². The summed E-state index contributed by atoms with van der Waals surface area (Å²) in [6.07, 6.45) is -1.76. The molecule has 0 spiro atoms. The second-order valence-corrected chi connectivity index (χ2v) is 9.46. The summed E-state index contributed by atoms with van der Waals surface area (Å²) < 4.78 is 51.0. The molecular formula is C26H26F3N5O3. The van der Waals surface area contributed by atoms with Crippen molar-refractivity contribution in [1.29, 1.82) is 0 Å². The third-order valence-corrected chi connectivity index (χ3v) is 6.23. The van der Waals surface area contributed by atoms with Gasteiger partial charge in [-0.2, -0.15) is 18.2 Å². The van der Waals surface area contributed by atoms with Crippen LogP contribution in [-0.2, 0) is 12.6 Å². The maximum atomic E-state index is 13.4. The van der Waals surface area contributed by atoms with E-state index in [-0.39, 0.29) is 34.6 Å². The third-order valence-electron chi connectivity index (χ3n) is 6.23. The first kappa shape index (κ1) is 24.8. The Morgan fingerprint density at radius 2 is 1.92 bits per heavy atom. The lowest BCUT2D eigenvalue weighted by atomic mass is 10.1. The molecule has 194 valence electrons. The van der Waals surface area contributed by atoms with Crippen LogP contribution in [0.2, 0.25) is 0 Å². The van der Waals surface area contributed by atoms with E-state index in [2.05, 4.69) is 10.1 Å². The highest BCUT2D eigenvalue weighted by molar-refractivity contribution is 5.98. The van der Waals surface area contributed by atoms with Gasteiger partial charge < -0.3 is 18.7 Å². The van der Waals surface area contributed by atoms with Crippen molar-refractivity contribution >= 4 is 22.8 Å². The van der Waals surface area contributed by atoms with Crippen molar-refractivity contribution in [3.63, 3.8) is 0 Å². The highest BCUT2D eigenvalue weighted by Gasteiger charge is 2.32. The number of rotatable bonds is 5. The van der Waals surface area contributed by atoms with Crippen molar-refractivity contribution in [2.24, 2.45) is 5.92 Å². The van der Waals surface area contributed by atoms with Crippen LogP contribution in [0.5, 0.6) is 0 Å². The van der Waals surface area contributed by atoms with Gasteiger partial charge >= 0.3 is 6.18 Å². The highest BCUT2D eigenvalue weighted by Crippen LogP contribution is 2.37. The minimum Gasteiger partial charge on any atom is -0.459 e. The van der Waals surface area contributed by atoms with Gasteiger partial charge in [-0.1, -0.05) is 31.1 Å². The number of amides is 1. The van der Waals surface area contributed by atoms with Gasteiger partial charge in [-0.3, -0.25) is 4.79 Å². The normalized spacial score (nSPS) is 15.0. The van der Waals surface area contributed by atoms with Crippen LogP contribution >= 0.6 is 0 Å². The van der Waals surface area contributed by atoms with Crippen molar-refractivity contribution < 1.29 is 26.9 Å². The first-order chi connectivity index (χ1) is 17.7. The number of fused-ring (bicyclic) bond motifs is 1. The Morgan fingerprint density at radius 1 is 1.08 bits per heavy atom. The maximum absolute atomic E-state index is 13.4. The van der Waals surface area contributed by atoms with Crippen molar-refractivity contribution in [2.75, 3.05) is 31.1 Å². The van der Waals surface area contributed by atoms with Gasteiger partial charge in [0.15, 0.2) is 5.76 Å². The maximum Gasteiger partial charge on any atom is 0.416 e. The Bertz CT molecular complexity index is 1400. The monoisotopic (exact) mass is 513 g/mol. The van der Waals surface area contributed by atoms with Crippen molar-refractivity contribution in [3.8, 4) is 11.3 Å². The number of halogens is 3. The van der Waals surface area contributed by atoms with Crippen molar-refractivity contribution in [2.45, 2.75) is 32.9 Å². The van der Waals surface area contributed by atoms with Gasteiger partial charge in [0.25, 0.3) is 11.6 Å². The molecule has 0 aliphatic carbocycles. The predicted octanol–water partition coefficient (Wildman–Crippen LogP) is 5.45. The van der Waals surface area contributed by atoms with Crippen LogP contribution in [0.25, 0.3) is 22.4 Å². The molecule has 1 saturated heterocycles. The first-order valence-electron chi connectivity index (χ1n) is 12.1. The zero-order valence-electron chi connectivity index (χ0n) is 20.5. The molecule has 0 unspecified atom stereocenters. The molecule has 1 amide bonds. The highest BCUT2D eigenvalue weighted by atomic mass is 19.4. The number of nitrogens with zero attached hydrogens (tertiary/aromatic N) is 5. The minimum absolute atomic E-state index is 0.185. The molecule has 0 radical (unpaired) electrons. The number of alkyl halides is 3. The van der Waals surface area contributed by atoms with Crippen LogP contribution in [0.3, 0.4) is 0 Å². The van der Waals surface area contributed by atoms with Gasteiger partial charge in [0.2, 0.25) is 0 Å². The number of furan rings is 1. The van der Waals surface area contributed by atoms with Gasteiger partial charge in [-0.05, 0) is 36.6 Å². The molecule has 0 saturated carbocycles. The van der Waals surface area contributed by atoms with Crippen LogP contribution in [0, 0.1) is 5.92 Å². The fourth-order valence-corrected chi connectivity index (χ4v) is 4.49. The summed E-state index contributed by atoms with van der Waals surface area (Å²) >= 11 is 0. The minimum atomic E-state index is -4.49. The van der Waals surface area contributed by atoms with E-state index in [1.807, 2.05) is 18.7 Å². The van der Waals surface area contributed by atoms with E-state index in [1.54, 1.807) is 23.1 Å². The molecule has 1 aliphatic heterocycles. The summed E-state index contributed by atoms with van der Waals surface area (Å²) in [5.74, 6) is 1.48. The summed E-state index contributed by atoms with van der Waals surface area (Å²) in [6.45, 7) is 6.11. The van der Waals surface area contributed by atoms with E-state index in [9.17, 15) is 18.0 Å². The van der Waals surface area contributed by atoms with E-state index in [0.717, 1.165) is 12.1 Å². The molecular weight excluding hydrogens is 487 g/mol. The largest absolute Gasteiger partial charge is 0.459 e. The molecule has 0 atom stereocenters. The SMILES string of the molecule is CC(C)Cc1nc(N2CCCN(C(=O)c3ccco3)CC2)c2c(-c3cccc(C(F)(F)F)c3)noc2n1. The summed E-state index contributed by atoms with van der Waals surface area (Å²) in [7, 11) is 0. The van der Waals surface area contributed by atoms with Crippen molar-refractivity contribution in [3.05, 3.63) is 59.8 Å². The van der Waals surface area contributed by atoms with Crippen LogP contribution in [0.15, 0.2) is 51.6 Å². The Hall–Kier alpha value is -3.89. The van der Waals surface area contributed by atoms with E-state index in [0.29, 0.717) is 56.0 Å². The lowest BCUT2D eigenvalue weighted by Crippen LogP contribution is -2.35. The smallest absolute Gasteiger partial charge is 0.416 e. The number of hydrogen-bond donors (Lipinski definition) is 0. The third kappa shape index (κ3) is 5.16. The van der Waals surface area contributed by atoms with Gasteiger partial charge in [0.05, 0.1) is 11.8 Å². The average molecular weight is 514 g/mol. The fraction of sp³-hybridized carbons (Fsp3) is 0.385. The van der Waals surface area contributed by atoms with E-state index in [1.165, 1.54) is 12.3 Å². The standard InChI is InChI=1S/C26H26F3N5O3/c1-16(2)14-20-30-23(33-9-5-10-34(12-11-33)25(35)19-8-4-13-36-19)21-22(32-37-24(21)31-20)17-6-3-7-18(15-17)26(27,28)29/h3-4,6-8,13,15-16H,5,9-12,14H2,1-2H3. The van der Waals surface area contributed by atoms with E-state index >= 15 is 0 Å². The molecule has 3 aromatic heterocycles. The molecule has 0 bridgehead atoms. The molecule has 1 aromatic carbocycles. The fourth-order valence-electron chi connectivity index (χ4n) is 4.49. The Kier molecular flexibility index (Phi) is 6.61. The lowest BCUT2D eigenvalue weighted by Gasteiger charge is -2.23. The number of carbonyl (C=O) groups excluding carboxylic acids is 1. The zero-order chi connectivity index (χ0) is 26.2. The second-order valence-electron chi connectivity index (χ2n) is 9.46. The summed E-state index contributed by atoms with van der Waals surface area (Å²) in [6, 6.07) is 8.28. The second kappa shape index (κ2) is 9.87. The molecule has 4 heterocycles. The Labute approximate surface area is 211 Å². The Balaban J connectivity index is 1.54. The number of benzene rings is 1. The summed E-state index contributed by atoms with van der Waals surface area (Å²) in [4.78, 5) is 25.9. The quantitative estimate of drug-likeness (QED) is 0.351. The van der Waals surface area contributed by atoms with Gasteiger partial charge in [-0.15, -0.1) is 0 Å². The Morgan fingerprint density at radius 3 is 2.65 bits per heavy atom. The van der Waals surface area contributed by atoms with E-state index in [4.69, 9.17) is 13.9 Å². The number of hydrogen-bond acceptors (Lipinski definition) is 7. The molecule has 37 heavy (non-hydrogen) atoms. The summed E-state index contributed by atoms with van der Waals surface area (Å²) in [5, 5.41) is 4.57. The van der Waals surface area contributed by atoms with Gasteiger partial charge in [0, 0.05) is 38.2 Å². The number of carbonyl (C=O) groups is 1. The molecule has 0 N–H and O–H groups in total. The molecule has 11 heteroatoms. The van der Waals surface area contributed by atoms with Gasteiger partial charge in [0.1, 0.15) is 22.7 Å². The van der Waals surface area contributed by atoms with Gasteiger partial charge in [-0.25, -0.2) is 4.98 Å². The van der Waals surface area contributed by atoms with Crippen LogP contribution in [0.4, 0.5) is 19.0 Å². The lowest BCUT2D eigenvalue weighted by molar-refractivity contribution is -0.137. The summed E-state index contributed by atoms with van der Waals surface area (Å²) in [5.41, 5.74) is -0.0397. The topological polar surface area (TPSA) is 88.5 Å². The molecule has 4 aromatic rings. The molecule has 5 rings (SSSR count). The first-order valence-corrected chi connectivity index (χ1v) is 12.1. The van der Waals surface area contributed by atoms with Crippen LogP contribution in [-0.4, -0.2) is 52.1 Å². The van der Waals surface area contributed by atoms with Crippen molar-refractivity contribution in [1.82, 2.24) is 20.0 Å². The molecule has 1 aliphatic rings. The van der Waals surface area contributed by atoms with E-state index < -0.39 is 11.7 Å². The van der Waals surface area contributed by atoms with Crippen LogP contribution < -0.4 is 4.90 Å². The molecule has 8 nitrogen and oxygen atoms in total. The average Bonchev–Trinajstić information content (AvgIpc) is 3.47. The molecule has 1 fully saturated rings. The number of anilines is 1. The number of aromatic nitrogens is 3. The predicted molar refractivity (Wildman–Crippen MR) is 130 cm³/mol.